The fourth-order valence-corrected chi connectivity index (χ4v) is 1.94. The van der Waals surface area contributed by atoms with E-state index < -0.39 is 11.9 Å². The van der Waals surface area contributed by atoms with Gasteiger partial charge in [-0.2, -0.15) is 0 Å². The quantitative estimate of drug-likeness (QED) is 0.800. The van der Waals surface area contributed by atoms with Gasteiger partial charge in [0.05, 0.1) is 20.3 Å². The van der Waals surface area contributed by atoms with Crippen molar-refractivity contribution >= 4 is 6.09 Å². The molecule has 1 fully saturated rings. The number of hydrogen-bond acceptors (Lipinski definition) is 4. The Labute approximate surface area is 112 Å². The first-order valence-corrected chi connectivity index (χ1v) is 6.35. The molecular formula is C14H19NO4. The Kier molecular flexibility index (Phi) is 4.27. The number of methoxy groups -OCH3 is 1. The van der Waals surface area contributed by atoms with Crippen molar-refractivity contribution < 1.29 is 19.0 Å². The van der Waals surface area contributed by atoms with Gasteiger partial charge in [0.25, 0.3) is 0 Å². The van der Waals surface area contributed by atoms with E-state index in [-0.39, 0.29) is 0 Å². The van der Waals surface area contributed by atoms with Gasteiger partial charge in [0.15, 0.2) is 0 Å². The van der Waals surface area contributed by atoms with Gasteiger partial charge in [0, 0.05) is 6.92 Å². The lowest BCUT2D eigenvalue weighted by Crippen LogP contribution is -2.33. The van der Waals surface area contributed by atoms with E-state index in [2.05, 4.69) is 5.32 Å². The highest BCUT2D eigenvalue weighted by Gasteiger charge is 2.36. The maximum Gasteiger partial charge on any atom is 0.409 e. The van der Waals surface area contributed by atoms with Crippen molar-refractivity contribution in [3.8, 4) is 5.75 Å². The molecule has 5 nitrogen and oxygen atoms in total. The monoisotopic (exact) mass is 265 g/mol. The molecule has 1 heterocycles. The summed E-state index contributed by atoms with van der Waals surface area (Å²) in [6.07, 6.45) is 1.37. The molecule has 0 saturated carbocycles. The zero-order valence-electron chi connectivity index (χ0n) is 11.3. The average Bonchev–Trinajstić information content (AvgIpc) is 2.76. The Morgan fingerprint density at radius 3 is 2.68 bits per heavy atom. The molecule has 19 heavy (non-hydrogen) atoms. The molecule has 1 N–H and O–H groups in total. The van der Waals surface area contributed by atoms with Crippen molar-refractivity contribution in [3.05, 3.63) is 29.8 Å². The number of rotatable bonds is 6. The van der Waals surface area contributed by atoms with Crippen molar-refractivity contribution in [1.29, 1.82) is 0 Å². The maximum absolute atomic E-state index is 10.9. The number of cyclic esters (lactones) is 1. The smallest absolute Gasteiger partial charge is 0.409 e. The summed E-state index contributed by atoms with van der Waals surface area (Å²) in [5, 5.41) is 2.58. The van der Waals surface area contributed by atoms with Crippen LogP contribution in [0.4, 0.5) is 4.79 Å². The highest BCUT2D eigenvalue weighted by molar-refractivity contribution is 5.69. The molecule has 0 aliphatic carbocycles. The van der Waals surface area contributed by atoms with Crippen LogP contribution in [0.5, 0.6) is 5.75 Å². The molecule has 0 unspecified atom stereocenters. The minimum Gasteiger partial charge on any atom is -0.497 e. The fraction of sp³-hybridized carbons (Fsp3) is 0.500. The van der Waals surface area contributed by atoms with E-state index in [1.807, 2.05) is 24.3 Å². The summed E-state index contributed by atoms with van der Waals surface area (Å²) in [6.45, 7) is 2.71. The van der Waals surface area contributed by atoms with Gasteiger partial charge in [-0.15, -0.1) is 0 Å². The number of benzene rings is 1. The number of alkyl carbamates (subject to hydrolysis) is 1. The van der Waals surface area contributed by atoms with Gasteiger partial charge in [0.2, 0.25) is 5.79 Å². The topological polar surface area (TPSA) is 56.8 Å². The summed E-state index contributed by atoms with van der Waals surface area (Å²) in [5.74, 6) is 0.0354. The normalized spacial score (nSPS) is 21.9. The highest BCUT2D eigenvalue weighted by Crippen LogP contribution is 2.18. The van der Waals surface area contributed by atoms with Gasteiger partial charge in [-0.1, -0.05) is 12.1 Å². The lowest BCUT2D eigenvalue weighted by molar-refractivity contribution is -0.163. The Bertz CT molecular complexity index is 432. The maximum atomic E-state index is 10.9. The number of amides is 1. The Hall–Kier alpha value is -1.75. The summed E-state index contributed by atoms with van der Waals surface area (Å²) < 4.78 is 15.7. The molecule has 5 heteroatoms. The molecule has 104 valence electrons. The van der Waals surface area contributed by atoms with E-state index in [9.17, 15) is 4.79 Å². The third-order valence-corrected chi connectivity index (χ3v) is 3.04. The summed E-state index contributed by atoms with van der Waals surface area (Å²) >= 11 is 0. The molecule has 1 aliphatic heterocycles. The molecule has 0 aromatic heterocycles. The van der Waals surface area contributed by atoms with Crippen LogP contribution in [0, 0.1) is 0 Å². The van der Waals surface area contributed by atoms with Gasteiger partial charge in [0.1, 0.15) is 5.75 Å². The van der Waals surface area contributed by atoms with Gasteiger partial charge >= 0.3 is 6.09 Å². The van der Waals surface area contributed by atoms with Gasteiger partial charge in [-0.25, -0.2) is 4.79 Å². The Morgan fingerprint density at radius 2 is 2.11 bits per heavy atom. The standard InChI is InChI=1S/C14H19NO4/c1-14(10-15-13(16)19-14)18-9-3-4-11-5-7-12(17-2)8-6-11/h5-8H,3-4,9-10H2,1-2H3,(H,15,16)/t14-/m1/s1. The number of aryl methyl sites for hydroxylation is 1. The largest absolute Gasteiger partial charge is 0.497 e. The summed E-state index contributed by atoms with van der Waals surface area (Å²) in [6, 6.07) is 7.97. The molecule has 2 rings (SSSR count). The SMILES string of the molecule is COc1ccc(CCCO[C@@]2(C)CNC(=O)O2)cc1. The molecule has 0 spiro atoms. The summed E-state index contributed by atoms with van der Waals surface area (Å²) in [7, 11) is 1.65. The molecule has 0 radical (unpaired) electrons. The minimum atomic E-state index is -0.822. The molecule has 1 amide bonds. The molecule has 1 aromatic rings. The first-order chi connectivity index (χ1) is 9.11. The predicted octanol–water partition coefficient (Wildman–Crippen LogP) is 2.10. The number of carbonyl (C=O) groups excluding carboxylic acids is 1. The van der Waals surface area contributed by atoms with Crippen LogP contribution in [0.25, 0.3) is 0 Å². The molecule has 0 bridgehead atoms. The molecule has 1 aromatic carbocycles. The Balaban J connectivity index is 1.70. The van der Waals surface area contributed by atoms with Crippen LogP contribution >= 0.6 is 0 Å². The fourth-order valence-electron chi connectivity index (χ4n) is 1.94. The lowest BCUT2D eigenvalue weighted by Gasteiger charge is -2.21. The van der Waals surface area contributed by atoms with E-state index in [0.29, 0.717) is 13.2 Å². The van der Waals surface area contributed by atoms with Crippen molar-refractivity contribution in [2.24, 2.45) is 0 Å². The third-order valence-electron chi connectivity index (χ3n) is 3.04. The van der Waals surface area contributed by atoms with Crippen LogP contribution in [0.3, 0.4) is 0 Å². The molecular weight excluding hydrogens is 246 g/mol. The zero-order chi connectivity index (χ0) is 13.7. The third kappa shape index (κ3) is 3.86. The van der Waals surface area contributed by atoms with Gasteiger partial charge in [-0.3, -0.25) is 0 Å². The van der Waals surface area contributed by atoms with Crippen LogP contribution in [-0.2, 0) is 15.9 Å². The minimum absolute atomic E-state index is 0.397. The lowest BCUT2D eigenvalue weighted by atomic mass is 10.1. The highest BCUT2D eigenvalue weighted by atomic mass is 16.7. The van der Waals surface area contributed by atoms with Crippen LogP contribution < -0.4 is 10.1 Å². The zero-order valence-corrected chi connectivity index (χ0v) is 11.3. The summed E-state index contributed by atoms with van der Waals surface area (Å²) in [4.78, 5) is 10.9. The second kappa shape index (κ2) is 5.93. The number of nitrogens with one attached hydrogen (secondary N) is 1. The van der Waals surface area contributed by atoms with Gasteiger partial charge in [-0.05, 0) is 30.5 Å². The van der Waals surface area contributed by atoms with Crippen molar-refractivity contribution in [1.82, 2.24) is 5.32 Å². The second-order valence-electron chi connectivity index (χ2n) is 4.68. The molecule has 1 aliphatic rings. The number of carbonyl (C=O) groups is 1. The van der Waals surface area contributed by atoms with Crippen LogP contribution in [0.1, 0.15) is 18.9 Å². The van der Waals surface area contributed by atoms with E-state index in [1.165, 1.54) is 5.56 Å². The first-order valence-electron chi connectivity index (χ1n) is 6.35. The van der Waals surface area contributed by atoms with Crippen LogP contribution in [0.2, 0.25) is 0 Å². The van der Waals surface area contributed by atoms with E-state index in [4.69, 9.17) is 14.2 Å². The van der Waals surface area contributed by atoms with Gasteiger partial charge < -0.3 is 19.5 Å². The number of ether oxygens (including phenoxy) is 3. The molecule has 1 atom stereocenters. The van der Waals surface area contributed by atoms with E-state index in [1.54, 1.807) is 14.0 Å². The van der Waals surface area contributed by atoms with E-state index in [0.717, 1.165) is 18.6 Å². The predicted molar refractivity (Wildman–Crippen MR) is 70.2 cm³/mol. The van der Waals surface area contributed by atoms with Crippen molar-refractivity contribution in [3.63, 3.8) is 0 Å². The first kappa shape index (κ1) is 13.7. The molecule has 1 saturated heterocycles. The van der Waals surface area contributed by atoms with Crippen molar-refractivity contribution in [2.75, 3.05) is 20.3 Å². The summed E-state index contributed by atoms with van der Waals surface area (Å²) in [5.41, 5.74) is 1.23. The number of hydrogen-bond donors (Lipinski definition) is 1. The van der Waals surface area contributed by atoms with Crippen LogP contribution in [0.15, 0.2) is 24.3 Å². The van der Waals surface area contributed by atoms with Crippen molar-refractivity contribution in [2.45, 2.75) is 25.6 Å². The van der Waals surface area contributed by atoms with E-state index >= 15 is 0 Å². The Morgan fingerprint density at radius 1 is 1.37 bits per heavy atom. The van der Waals surface area contributed by atoms with Crippen LogP contribution in [-0.4, -0.2) is 32.1 Å². The second-order valence-corrected chi connectivity index (χ2v) is 4.68. The average molecular weight is 265 g/mol.